The number of carbonyl (C=O) groups is 1. The van der Waals surface area contributed by atoms with Gasteiger partial charge < -0.3 is 5.11 Å². The van der Waals surface area contributed by atoms with Crippen LogP contribution in [-0.4, -0.2) is 29.7 Å². The highest BCUT2D eigenvalue weighted by molar-refractivity contribution is 6.32. The van der Waals surface area contributed by atoms with E-state index in [0.717, 1.165) is 7.05 Å². The molecular formula is C12H8ClFN4O7. The molecule has 0 saturated heterocycles. The van der Waals surface area contributed by atoms with Crippen molar-refractivity contribution in [3.63, 3.8) is 0 Å². The Kier molecular flexibility index (Phi) is 4.56. The van der Waals surface area contributed by atoms with Gasteiger partial charge in [-0.25, -0.2) is 28.1 Å². The molecule has 0 radical (unpaired) electrons. The quantitative estimate of drug-likeness (QED) is 0.559. The molecule has 1 heterocycles. The molecule has 1 aromatic carbocycles. The van der Waals surface area contributed by atoms with Crippen molar-refractivity contribution in [2.75, 3.05) is 0 Å². The molecule has 0 unspecified atom stereocenters. The van der Waals surface area contributed by atoms with Gasteiger partial charge in [0.15, 0.2) is 0 Å². The lowest BCUT2D eigenvalue weighted by atomic mass is 10.2. The van der Waals surface area contributed by atoms with Crippen LogP contribution in [0.4, 0.5) is 10.1 Å². The lowest BCUT2D eigenvalue weighted by Gasteiger charge is -2.11. The van der Waals surface area contributed by atoms with Crippen LogP contribution in [0.15, 0.2) is 26.5 Å². The number of nitrogens with zero attached hydrogens (tertiary/aromatic N) is 4. The maximum absolute atomic E-state index is 13.6. The summed E-state index contributed by atoms with van der Waals surface area (Å²) in [5.74, 6) is -2.84. The Hall–Kier alpha value is -3.28. The van der Waals surface area contributed by atoms with Crippen LogP contribution in [0.5, 0.6) is 0 Å². The van der Waals surface area contributed by atoms with Gasteiger partial charge in [0.05, 0.1) is 15.6 Å². The van der Waals surface area contributed by atoms with Gasteiger partial charge in [-0.3, -0.25) is 14.9 Å². The van der Waals surface area contributed by atoms with Crippen molar-refractivity contribution in [3.8, 4) is 5.69 Å². The molecule has 13 heteroatoms. The largest absolute Gasteiger partial charge is 0.480 e. The van der Waals surface area contributed by atoms with Crippen molar-refractivity contribution in [1.29, 1.82) is 0 Å². The van der Waals surface area contributed by atoms with E-state index in [-0.39, 0.29) is 9.13 Å². The number of benzene rings is 1. The highest BCUT2D eigenvalue weighted by atomic mass is 35.5. The van der Waals surface area contributed by atoms with E-state index in [0.29, 0.717) is 16.7 Å². The maximum Gasteiger partial charge on any atom is 0.341 e. The third-order valence-corrected chi connectivity index (χ3v) is 3.47. The van der Waals surface area contributed by atoms with Gasteiger partial charge in [-0.15, -0.1) is 0 Å². The van der Waals surface area contributed by atoms with E-state index in [1.165, 1.54) is 0 Å². The van der Waals surface area contributed by atoms with Crippen molar-refractivity contribution in [1.82, 2.24) is 13.7 Å². The van der Waals surface area contributed by atoms with Crippen LogP contribution in [0.2, 0.25) is 5.02 Å². The normalized spacial score (nSPS) is 10.7. The number of nitro groups is 1. The Labute approximate surface area is 140 Å². The minimum atomic E-state index is -1.54. The summed E-state index contributed by atoms with van der Waals surface area (Å²) in [5, 5.41) is 19.1. The summed E-state index contributed by atoms with van der Waals surface area (Å²) < 4.78 is 14.4. The smallest absolute Gasteiger partial charge is 0.341 e. The van der Waals surface area contributed by atoms with Crippen LogP contribution in [0.3, 0.4) is 0 Å². The average molecular weight is 375 g/mol. The zero-order valence-corrected chi connectivity index (χ0v) is 13.1. The Bertz CT molecular complexity index is 1080. The zero-order chi connectivity index (χ0) is 19.0. The highest BCUT2D eigenvalue weighted by Gasteiger charge is 2.23. The summed E-state index contributed by atoms with van der Waals surface area (Å²) >= 11 is 5.76. The minimum absolute atomic E-state index is 0.218. The van der Waals surface area contributed by atoms with Gasteiger partial charge in [0, 0.05) is 19.2 Å². The fourth-order valence-electron chi connectivity index (χ4n) is 2.01. The van der Waals surface area contributed by atoms with Crippen LogP contribution in [0.25, 0.3) is 5.69 Å². The van der Waals surface area contributed by atoms with E-state index >= 15 is 0 Å². The second-order valence-corrected chi connectivity index (χ2v) is 5.14. The van der Waals surface area contributed by atoms with Crippen LogP contribution in [-0.2, 0) is 18.4 Å². The Balaban J connectivity index is 2.97. The zero-order valence-electron chi connectivity index (χ0n) is 12.3. The molecular weight excluding hydrogens is 367 g/mol. The second kappa shape index (κ2) is 6.32. The first-order valence-corrected chi connectivity index (χ1v) is 6.72. The number of aromatic nitrogens is 3. The predicted octanol–water partition coefficient (Wildman–Crippen LogP) is -0.517. The van der Waals surface area contributed by atoms with Crippen molar-refractivity contribution < 1.29 is 19.2 Å². The van der Waals surface area contributed by atoms with Crippen molar-refractivity contribution >= 4 is 23.3 Å². The van der Waals surface area contributed by atoms with E-state index in [2.05, 4.69) is 0 Å². The topological polar surface area (TPSA) is 146 Å². The number of aliphatic carboxylic acids is 1. The predicted molar refractivity (Wildman–Crippen MR) is 80.8 cm³/mol. The third kappa shape index (κ3) is 3.06. The monoisotopic (exact) mass is 374 g/mol. The number of hydrogen-bond donors (Lipinski definition) is 1. The molecule has 0 bridgehead atoms. The van der Waals surface area contributed by atoms with Crippen LogP contribution >= 0.6 is 11.6 Å². The minimum Gasteiger partial charge on any atom is -0.480 e. The summed E-state index contributed by atoms with van der Waals surface area (Å²) in [6.45, 7) is -1.06. The molecule has 11 nitrogen and oxygen atoms in total. The first-order valence-electron chi connectivity index (χ1n) is 6.34. The number of nitro benzene ring substituents is 1. The summed E-state index contributed by atoms with van der Waals surface area (Å²) in [4.78, 5) is 57.0. The van der Waals surface area contributed by atoms with Crippen molar-refractivity contribution in [2.24, 2.45) is 7.05 Å². The molecule has 2 aromatic rings. The van der Waals surface area contributed by atoms with Gasteiger partial charge >= 0.3 is 28.7 Å². The Morgan fingerprint density at radius 3 is 2.40 bits per heavy atom. The van der Waals surface area contributed by atoms with Crippen LogP contribution in [0, 0.1) is 15.9 Å². The van der Waals surface area contributed by atoms with Gasteiger partial charge in [-0.1, -0.05) is 11.6 Å². The summed E-state index contributed by atoms with van der Waals surface area (Å²) in [7, 11) is 0.963. The molecule has 0 aliphatic carbocycles. The molecule has 0 amide bonds. The highest BCUT2D eigenvalue weighted by Crippen LogP contribution is 2.27. The third-order valence-electron chi connectivity index (χ3n) is 3.17. The summed E-state index contributed by atoms with van der Waals surface area (Å²) in [6, 6.07) is 1.06. The lowest BCUT2D eigenvalue weighted by molar-refractivity contribution is -0.387. The van der Waals surface area contributed by atoms with E-state index in [4.69, 9.17) is 16.7 Å². The van der Waals surface area contributed by atoms with Gasteiger partial charge in [0.1, 0.15) is 6.54 Å². The molecule has 0 aliphatic rings. The standard InChI is InChI=1S/C12H8ClFN4O7/c1-15-10(21)16(4-9(19)20)12(23)17(11(15)22)7-3-8(18(24)25)6(14)2-5(7)13/h2-3H,4H2,1H3,(H,19,20). The molecule has 1 aromatic heterocycles. The van der Waals surface area contributed by atoms with Crippen molar-refractivity contribution in [2.45, 2.75) is 6.54 Å². The Morgan fingerprint density at radius 1 is 1.28 bits per heavy atom. The van der Waals surface area contributed by atoms with E-state index in [1.807, 2.05) is 0 Å². The summed E-state index contributed by atoms with van der Waals surface area (Å²) in [6.07, 6.45) is 0. The number of carboxylic acid groups (broad SMARTS) is 1. The fraction of sp³-hybridized carbons (Fsp3) is 0.167. The second-order valence-electron chi connectivity index (χ2n) is 4.73. The molecule has 1 N–H and O–H groups in total. The molecule has 0 aliphatic heterocycles. The van der Waals surface area contributed by atoms with Crippen LogP contribution in [0.1, 0.15) is 0 Å². The molecule has 0 spiro atoms. The molecule has 0 saturated carbocycles. The fourth-order valence-corrected chi connectivity index (χ4v) is 2.25. The van der Waals surface area contributed by atoms with E-state index in [9.17, 15) is 33.7 Å². The van der Waals surface area contributed by atoms with Gasteiger partial charge in [0.2, 0.25) is 5.82 Å². The number of halogens is 2. The van der Waals surface area contributed by atoms with Gasteiger partial charge in [-0.2, -0.15) is 4.39 Å². The molecule has 2 rings (SSSR count). The molecule has 132 valence electrons. The van der Waals surface area contributed by atoms with E-state index < -0.39 is 56.7 Å². The SMILES string of the molecule is Cn1c(=O)n(CC(=O)O)c(=O)n(-c2cc([N+](=O)[O-])c(F)cc2Cl)c1=O. The first-order chi connectivity index (χ1) is 11.6. The number of rotatable bonds is 4. The number of hydrogen-bond acceptors (Lipinski definition) is 6. The molecule has 25 heavy (non-hydrogen) atoms. The van der Waals surface area contributed by atoms with Gasteiger partial charge in [0.25, 0.3) is 0 Å². The number of carboxylic acids is 1. The van der Waals surface area contributed by atoms with Gasteiger partial charge in [-0.05, 0) is 0 Å². The van der Waals surface area contributed by atoms with Crippen molar-refractivity contribution in [3.05, 3.63) is 64.5 Å². The summed E-state index contributed by atoms with van der Waals surface area (Å²) in [5.41, 5.74) is -5.47. The maximum atomic E-state index is 13.6. The lowest BCUT2D eigenvalue weighted by Crippen LogP contribution is -2.53. The Morgan fingerprint density at radius 2 is 1.88 bits per heavy atom. The first kappa shape index (κ1) is 18.1. The average Bonchev–Trinajstić information content (AvgIpc) is 2.51. The molecule has 0 atom stereocenters. The van der Waals surface area contributed by atoms with E-state index in [1.54, 1.807) is 0 Å². The van der Waals surface area contributed by atoms with Crippen LogP contribution < -0.4 is 17.1 Å². The molecule has 0 fully saturated rings.